The summed E-state index contributed by atoms with van der Waals surface area (Å²) in [6.45, 7) is 0. The summed E-state index contributed by atoms with van der Waals surface area (Å²) in [6.07, 6.45) is 1.53. The van der Waals surface area contributed by atoms with E-state index in [0.717, 1.165) is 22.4 Å². The standard InChI is InChI=1S/C14H10ClN3.Cl2O2S/c15-10-6-7-12-13(8-10)16-9-17-14(12)18-11-4-2-1-3-5-11;1-5(2,3)4/h1-9H,(H,16,17,18);. The minimum atomic E-state index is -3.72. The molecule has 0 saturated carbocycles. The van der Waals surface area contributed by atoms with Gasteiger partial charge in [-0.25, -0.2) is 9.97 Å². The van der Waals surface area contributed by atoms with Crippen LogP contribution in [-0.4, -0.2) is 18.4 Å². The van der Waals surface area contributed by atoms with Crippen molar-refractivity contribution in [3.63, 3.8) is 0 Å². The molecular weight excluding hydrogens is 381 g/mol. The Morgan fingerprint density at radius 2 is 1.61 bits per heavy atom. The van der Waals surface area contributed by atoms with Crippen molar-refractivity contribution in [2.75, 3.05) is 5.32 Å². The molecule has 3 rings (SSSR count). The van der Waals surface area contributed by atoms with Gasteiger partial charge in [0.15, 0.2) is 0 Å². The molecule has 0 unspecified atom stereocenters. The summed E-state index contributed by atoms with van der Waals surface area (Å²) >= 11 is 5.95. The van der Waals surface area contributed by atoms with Crippen molar-refractivity contribution in [3.8, 4) is 0 Å². The Morgan fingerprint density at radius 3 is 2.26 bits per heavy atom. The molecule has 2 aromatic carbocycles. The van der Waals surface area contributed by atoms with Gasteiger partial charge in [0.05, 0.1) is 5.52 Å². The fraction of sp³-hybridized carbons (Fsp3) is 0. The highest BCUT2D eigenvalue weighted by atomic mass is 36.0. The van der Waals surface area contributed by atoms with Crippen LogP contribution in [-0.2, 0) is 8.26 Å². The third-order valence-electron chi connectivity index (χ3n) is 2.64. The van der Waals surface area contributed by atoms with Crippen molar-refractivity contribution in [3.05, 3.63) is 59.9 Å². The van der Waals surface area contributed by atoms with E-state index in [0.29, 0.717) is 5.02 Å². The minimum Gasteiger partial charge on any atom is -0.340 e. The molecule has 0 bridgehead atoms. The topological polar surface area (TPSA) is 72.0 Å². The summed E-state index contributed by atoms with van der Waals surface area (Å²) in [7, 11) is 4.81. The molecule has 5 nitrogen and oxygen atoms in total. The predicted octanol–water partition coefficient (Wildman–Crippen LogP) is 4.74. The Labute approximate surface area is 147 Å². The zero-order valence-corrected chi connectivity index (χ0v) is 14.5. The van der Waals surface area contributed by atoms with Crippen LogP contribution in [0.5, 0.6) is 0 Å². The van der Waals surface area contributed by atoms with Crippen LogP contribution in [0.1, 0.15) is 0 Å². The number of para-hydroxylation sites is 1. The third-order valence-corrected chi connectivity index (χ3v) is 2.87. The molecule has 0 spiro atoms. The number of anilines is 2. The third kappa shape index (κ3) is 6.19. The first-order valence-electron chi connectivity index (χ1n) is 6.19. The first kappa shape index (κ1) is 17.7. The molecule has 0 fully saturated rings. The molecule has 9 heteroatoms. The number of hydrogen-bond donors (Lipinski definition) is 1. The van der Waals surface area contributed by atoms with E-state index in [-0.39, 0.29) is 0 Å². The van der Waals surface area contributed by atoms with E-state index < -0.39 is 8.26 Å². The second-order valence-corrected chi connectivity index (χ2v) is 8.36. The summed E-state index contributed by atoms with van der Waals surface area (Å²) in [5, 5.41) is 4.89. The van der Waals surface area contributed by atoms with Gasteiger partial charge in [0.1, 0.15) is 12.1 Å². The fourth-order valence-corrected chi connectivity index (χ4v) is 1.95. The van der Waals surface area contributed by atoms with Crippen molar-refractivity contribution in [2.24, 2.45) is 0 Å². The second kappa shape index (κ2) is 7.79. The maximum absolute atomic E-state index is 9.16. The molecule has 1 heterocycles. The summed E-state index contributed by atoms with van der Waals surface area (Å²) in [6, 6.07) is 15.5. The largest absolute Gasteiger partial charge is 0.340 e. The average Bonchev–Trinajstić information content (AvgIpc) is 2.46. The molecule has 3 aromatic rings. The molecule has 0 saturated heterocycles. The van der Waals surface area contributed by atoms with E-state index in [4.69, 9.17) is 20.0 Å². The molecule has 1 aromatic heterocycles. The Balaban J connectivity index is 0.000000338. The lowest BCUT2D eigenvalue weighted by molar-refractivity contribution is 0.621. The van der Waals surface area contributed by atoms with Gasteiger partial charge in [-0.05, 0) is 30.3 Å². The van der Waals surface area contributed by atoms with Crippen molar-refractivity contribution in [1.29, 1.82) is 0 Å². The van der Waals surface area contributed by atoms with Gasteiger partial charge < -0.3 is 5.32 Å². The maximum Gasteiger partial charge on any atom is 0.317 e. The quantitative estimate of drug-likeness (QED) is 0.640. The van der Waals surface area contributed by atoms with Gasteiger partial charge in [-0.1, -0.05) is 29.8 Å². The number of hydrogen-bond acceptors (Lipinski definition) is 5. The Kier molecular flexibility index (Phi) is 6.01. The number of halogens is 3. The SMILES string of the molecule is Clc1ccc2c(Nc3ccccc3)ncnc2c1.O=S(=O)(Cl)Cl. The Bertz CT molecular complexity index is 898. The van der Waals surface area contributed by atoms with Crippen molar-refractivity contribution >= 4 is 63.6 Å². The predicted molar refractivity (Wildman–Crippen MR) is 94.9 cm³/mol. The minimum absolute atomic E-state index is 0.673. The van der Waals surface area contributed by atoms with Crippen LogP contribution in [0.15, 0.2) is 54.9 Å². The van der Waals surface area contributed by atoms with E-state index in [9.17, 15) is 0 Å². The number of aromatic nitrogens is 2. The summed E-state index contributed by atoms with van der Waals surface area (Å²) < 4.78 is 18.3. The molecule has 0 aliphatic heterocycles. The lowest BCUT2D eigenvalue weighted by Crippen LogP contribution is -1.95. The monoisotopic (exact) mass is 389 g/mol. The van der Waals surface area contributed by atoms with E-state index in [1.54, 1.807) is 0 Å². The Hall–Kier alpha value is -1.60. The van der Waals surface area contributed by atoms with Crippen LogP contribution in [0.4, 0.5) is 11.5 Å². The Morgan fingerprint density at radius 1 is 0.957 bits per heavy atom. The van der Waals surface area contributed by atoms with E-state index in [1.165, 1.54) is 6.33 Å². The van der Waals surface area contributed by atoms with Crippen LogP contribution in [0, 0.1) is 0 Å². The van der Waals surface area contributed by atoms with Gasteiger partial charge >= 0.3 is 8.26 Å². The lowest BCUT2D eigenvalue weighted by atomic mass is 10.2. The first-order chi connectivity index (χ1) is 10.8. The van der Waals surface area contributed by atoms with Crippen LogP contribution in [0.3, 0.4) is 0 Å². The van der Waals surface area contributed by atoms with E-state index in [2.05, 4.69) is 36.6 Å². The summed E-state index contributed by atoms with van der Waals surface area (Å²) in [5.74, 6) is 0.780. The highest BCUT2D eigenvalue weighted by Gasteiger charge is 2.04. The highest BCUT2D eigenvalue weighted by Crippen LogP contribution is 2.24. The van der Waals surface area contributed by atoms with Crippen LogP contribution in [0.25, 0.3) is 10.9 Å². The first-order valence-corrected chi connectivity index (χ1v) is 9.71. The molecule has 0 aliphatic carbocycles. The molecule has 1 N–H and O–H groups in total. The van der Waals surface area contributed by atoms with Gasteiger partial charge in [-0.2, -0.15) is 8.42 Å². The van der Waals surface area contributed by atoms with Gasteiger partial charge in [0, 0.05) is 37.5 Å². The number of nitrogens with zero attached hydrogens (tertiary/aromatic N) is 2. The molecule has 0 aliphatic rings. The zero-order valence-electron chi connectivity index (χ0n) is 11.4. The number of fused-ring (bicyclic) bond motifs is 1. The van der Waals surface area contributed by atoms with Gasteiger partial charge in [0.2, 0.25) is 0 Å². The molecule has 23 heavy (non-hydrogen) atoms. The highest BCUT2D eigenvalue weighted by molar-refractivity contribution is 8.31. The van der Waals surface area contributed by atoms with Gasteiger partial charge in [0.25, 0.3) is 0 Å². The van der Waals surface area contributed by atoms with Gasteiger partial charge in [-0.3, -0.25) is 0 Å². The molecule has 0 radical (unpaired) electrons. The van der Waals surface area contributed by atoms with Crippen LogP contribution in [0.2, 0.25) is 5.02 Å². The zero-order chi connectivity index (χ0) is 16.9. The van der Waals surface area contributed by atoms with E-state index >= 15 is 0 Å². The van der Waals surface area contributed by atoms with Crippen molar-refractivity contribution in [2.45, 2.75) is 0 Å². The second-order valence-electron chi connectivity index (χ2n) is 4.25. The number of benzene rings is 2. The number of nitrogens with one attached hydrogen (secondary N) is 1. The average molecular weight is 391 g/mol. The van der Waals surface area contributed by atoms with Crippen LogP contribution < -0.4 is 5.32 Å². The fourth-order valence-electron chi connectivity index (χ4n) is 1.79. The van der Waals surface area contributed by atoms with Gasteiger partial charge in [-0.15, -0.1) is 0 Å². The summed E-state index contributed by atoms with van der Waals surface area (Å²) in [5.41, 5.74) is 1.82. The molecule has 120 valence electrons. The van der Waals surface area contributed by atoms with Crippen LogP contribution >= 0.6 is 33.0 Å². The van der Waals surface area contributed by atoms with Crippen molar-refractivity contribution in [1.82, 2.24) is 9.97 Å². The maximum atomic E-state index is 9.16. The molecular formula is C14H10Cl3N3O2S. The number of rotatable bonds is 2. The molecule has 0 amide bonds. The van der Waals surface area contributed by atoms with Crippen molar-refractivity contribution < 1.29 is 8.42 Å². The summed E-state index contributed by atoms with van der Waals surface area (Å²) in [4.78, 5) is 8.48. The van der Waals surface area contributed by atoms with E-state index in [1.807, 2.05) is 48.5 Å². The smallest absolute Gasteiger partial charge is 0.317 e. The normalized spacial score (nSPS) is 10.7. The lowest BCUT2D eigenvalue weighted by Gasteiger charge is -2.08. The molecule has 0 atom stereocenters.